The minimum atomic E-state index is 0.473. The highest BCUT2D eigenvalue weighted by Crippen LogP contribution is 2.30. The van der Waals surface area contributed by atoms with Gasteiger partial charge in [-0.2, -0.15) is 0 Å². The van der Waals surface area contributed by atoms with Gasteiger partial charge in [-0.15, -0.1) is 0 Å². The van der Waals surface area contributed by atoms with E-state index in [0.717, 1.165) is 18.1 Å². The van der Waals surface area contributed by atoms with Gasteiger partial charge in [-0.05, 0) is 45.1 Å². The Hall–Kier alpha value is -0.310. The summed E-state index contributed by atoms with van der Waals surface area (Å²) in [4.78, 5) is 2.40. The van der Waals surface area contributed by atoms with Crippen molar-refractivity contribution in [2.24, 2.45) is 5.92 Å². The van der Waals surface area contributed by atoms with Crippen molar-refractivity contribution in [2.45, 2.75) is 31.8 Å². The van der Waals surface area contributed by atoms with Crippen molar-refractivity contribution in [3.63, 3.8) is 0 Å². The molecule has 0 aromatic heterocycles. The molecule has 3 heteroatoms. The summed E-state index contributed by atoms with van der Waals surface area (Å²) in [6.45, 7) is 4.48. The van der Waals surface area contributed by atoms with E-state index in [-0.39, 0.29) is 0 Å². The smallest absolute Gasteiger partial charge is 0.0378 e. The second-order valence-electron chi connectivity index (χ2n) is 4.81. The Balaban J connectivity index is 2.07. The highest BCUT2D eigenvalue weighted by Gasteiger charge is 2.34. The quantitative estimate of drug-likeness (QED) is 0.815. The molecule has 2 rings (SSSR count). The number of allylic oxidation sites excluding steroid dienone is 2. The predicted octanol–water partition coefficient (Wildman–Crippen LogP) is 2.37. The van der Waals surface area contributed by atoms with Gasteiger partial charge in [-0.1, -0.05) is 24.6 Å². The standard InChI is InChI=1S/C13H21ClN2/c1-3-7-15-12-6-8-16(2)13-9-10(14)4-5-11(12)13/h4-5,9,11-13,15H,3,6-8H2,1-2H3. The average molecular weight is 241 g/mol. The van der Waals surface area contributed by atoms with Crippen molar-refractivity contribution in [1.29, 1.82) is 0 Å². The summed E-state index contributed by atoms with van der Waals surface area (Å²) < 4.78 is 0. The molecule has 0 radical (unpaired) electrons. The first-order valence-corrected chi connectivity index (χ1v) is 6.59. The van der Waals surface area contributed by atoms with Crippen LogP contribution < -0.4 is 5.32 Å². The lowest BCUT2D eigenvalue weighted by atomic mass is 9.82. The highest BCUT2D eigenvalue weighted by atomic mass is 35.5. The summed E-state index contributed by atoms with van der Waals surface area (Å²) in [5, 5.41) is 4.53. The third-order valence-electron chi connectivity index (χ3n) is 3.62. The third-order valence-corrected chi connectivity index (χ3v) is 3.88. The second-order valence-corrected chi connectivity index (χ2v) is 5.24. The summed E-state index contributed by atoms with van der Waals surface area (Å²) in [5.74, 6) is 0.577. The van der Waals surface area contributed by atoms with E-state index in [1.165, 1.54) is 12.8 Å². The lowest BCUT2D eigenvalue weighted by Crippen LogP contribution is -2.53. The normalized spacial score (nSPS) is 34.7. The van der Waals surface area contributed by atoms with Gasteiger partial charge in [0.05, 0.1) is 0 Å². The van der Waals surface area contributed by atoms with E-state index in [0.29, 0.717) is 18.0 Å². The molecule has 3 unspecified atom stereocenters. The SMILES string of the molecule is CCCNC1CCN(C)C2C=C(Cl)C=CC12. The van der Waals surface area contributed by atoms with Gasteiger partial charge in [0, 0.05) is 23.0 Å². The van der Waals surface area contributed by atoms with Crippen LogP contribution in [0.25, 0.3) is 0 Å². The number of likely N-dealkylation sites (tertiary alicyclic amines) is 1. The van der Waals surface area contributed by atoms with Crippen LogP contribution in [0.15, 0.2) is 23.3 Å². The van der Waals surface area contributed by atoms with E-state index < -0.39 is 0 Å². The molecule has 1 heterocycles. The maximum Gasteiger partial charge on any atom is 0.0378 e. The zero-order valence-corrected chi connectivity index (χ0v) is 10.9. The molecule has 0 bridgehead atoms. The van der Waals surface area contributed by atoms with E-state index in [2.05, 4.69) is 36.3 Å². The molecule has 2 aliphatic rings. The molecule has 0 saturated carbocycles. The Morgan fingerprint density at radius 1 is 1.56 bits per heavy atom. The fourth-order valence-corrected chi connectivity index (χ4v) is 2.89. The number of hydrogen-bond acceptors (Lipinski definition) is 2. The average Bonchev–Trinajstić information content (AvgIpc) is 2.29. The number of fused-ring (bicyclic) bond motifs is 1. The van der Waals surface area contributed by atoms with Crippen LogP contribution in [0.1, 0.15) is 19.8 Å². The Morgan fingerprint density at radius 3 is 3.12 bits per heavy atom. The summed E-state index contributed by atoms with van der Waals surface area (Å²) in [6.07, 6.45) is 8.93. The van der Waals surface area contributed by atoms with E-state index >= 15 is 0 Å². The highest BCUT2D eigenvalue weighted by molar-refractivity contribution is 6.31. The van der Waals surface area contributed by atoms with Gasteiger partial charge in [0.1, 0.15) is 0 Å². The Morgan fingerprint density at radius 2 is 2.38 bits per heavy atom. The van der Waals surface area contributed by atoms with Gasteiger partial charge in [-0.3, -0.25) is 4.90 Å². The van der Waals surface area contributed by atoms with Gasteiger partial charge in [-0.25, -0.2) is 0 Å². The monoisotopic (exact) mass is 240 g/mol. The van der Waals surface area contributed by atoms with Crippen molar-refractivity contribution in [3.05, 3.63) is 23.3 Å². The first-order valence-electron chi connectivity index (χ1n) is 6.21. The maximum absolute atomic E-state index is 6.08. The van der Waals surface area contributed by atoms with E-state index in [1.807, 2.05) is 6.08 Å². The van der Waals surface area contributed by atoms with Crippen LogP contribution in [0.5, 0.6) is 0 Å². The molecule has 1 aliphatic heterocycles. The topological polar surface area (TPSA) is 15.3 Å². The zero-order valence-electron chi connectivity index (χ0n) is 10.1. The van der Waals surface area contributed by atoms with Gasteiger partial charge in [0.25, 0.3) is 0 Å². The summed E-state index contributed by atoms with van der Waals surface area (Å²) in [5.41, 5.74) is 0. The molecule has 0 aromatic rings. The molecular formula is C13H21ClN2. The molecule has 2 nitrogen and oxygen atoms in total. The zero-order chi connectivity index (χ0) is 11.5. The van der Waals surface area contributed by atoms with Crippen molar-refractivity contribution in [3.8, 4) is 0 Å². The molecule has 3 atom stereocenters. The molecule has 1 aliphatic carbocycles. The molecule has 0 aromatic carbocycles. The fraction of sp³-hybridized carbons (Fsp3) is 0.692. The van der Waals surface area contributed by atoms with Gasteiger partial charge >= 0.3 is 0 Å². The van der Waals surface area contributed by atoms with Crippen LogP contribution >= 0.6 is 11.6 Å². The molecule has 16 heavy (non-hydrogen) atoms. The first kappa shape index (κ1) is 12.2. The Labute approximate surface area is 103 Å². The van der Waals surface area contributed by atoms with E-state index in [9.17, 15) is 0 Å². The van der Waals surface area contributed by atoms with Crippen LogP contribution in [0.2, 0.25) is 0 Å². The molecule has 1 N–H and O–H groups in total. The Bertz CT molecular complexity index is 296. The summed E-state index contributed by atoms with van der Waals surface area (Å²) in [6, 6.07) is 1.08. The minimum absolute atomic E-state index is 0.473. The first-order chi connectivity index (χ1) is 7.72. The van der Waals surface area contributed by atoms with Crippen LogP contribution in [0.3, 0.4) is 0 Å². The van der Waals surface area contributed by atoms with Crippen molar-refractivity contribution < 1.29 is 0 Å². The van der Waals surface area contributed by atoms with Crippen LogP contribution in [-0.2, 0) is 0 Å². The van der Waals surface area contributed by atoms with Crippen molar-refractivity contribution in [2.75, 3.05) is 20.1 Å². The molecule has 90 valence electrons. The number of likely N-dealkylation sites (N-methyl/N-ethyl adjacent to an activating group) is 1. The number of rotatable bonds is 3. The van der Waals surface area contributed by atoms with Crippen LogP contribution in [0, 0.1) is 5.92 Å². The van der Waals surface area contributed by atoms with Crippen LogP contribution in [-0.4, -0.2) is 37.1 Å². The molecule has 0 amide bonds. The molecular weight excluding hydrogens is 220 g/mol. The van der Waals surface area contributed by atoms with E-state index in [4.69, 9.17) is 11.6 Å². The van der Waals surface area contributed by atoms with Crippen molar-refractivity contribution in [1.82, 2.24) is 10.2 Å². The predicted molar refractivity (Wildman–Crippen MR) is 69.7 cm³/mol. The Kier molecular flexibility index (Phi) is 4.06. The van der Waals surface area contributed by atoms with Gasteiger partial charge in [0.2, 0.25) is 0 Å². The summed E-state index contributed by atoms with van der Waals surface area (Å²) in [7, 11) is 2.19. The maximum atomic E-state index is 6.08. The largest absolute Gasteiger partial charge is 0.313 e. The lowest BCUT2D eigenvalue weighted by Gasteiger charge is -2.43. The number of halogens is 1. The molecule has 0 spiro atoms. The molecule has 1 saturated heterocycles. The number of nitrogens with zero attached hydrogens (tertiary/aromatic N) is 1. The lowest BCUT2D eigenvalue weighted by molar-refractivity contribution is 0.142. The molecule has 1 fully saturated rings. The second kappa shape index (κ2) is 5.35. The third kappa shape index (κ3) is 2.50. The number of nitrogens with one attached hydrogen (secondary N) is 1. The summed E-state index contributed by atoms with van der Waals surface area (Å²) >= 11 is 6.08. The van der Waals surface area contributed by atoms with Crippen LogP contribution in [0.4, 0.5) is 0 Å². The van der Waals surface area contributed by atoms with E-state index in [1.54, 1.807) is 0 Å². The number of hydrogen-bond donors (Lipinski definition) is 1. The van der Waals surface area contributed by atoms with Gasteiger partial charge < -0.3 is 5.32 Å². The number of piperidine rings is 1. The minimum Gasteiger partial charge on any atom is -0.313 e. The fourth-order valence-electron chi connectivity index (χ4n) is 2.69. The van der Waals surface area contributed by atoms with Crippen molar-refractivity contribution >= 4 is 11.6 Å². The van der Waals surface area contributed by atoms with Gasteiger partial charge in [0.15, 0.2) is 0 Å².